The summed E-state index contributed by atoms with van der Waals surface area (Å²) >= 11 is 0. The van der Waals surface area contributed by atoms with E-state index >= 15 is 0 Å². The second-order valence-corrected chi connectivity index (χ2v) is 3.10. The van der Waals surface area contributed by atoms with Gasteiger partial charge in [-0.15, -0.1) is 0 Å². The number of amides is 1. The number of nitrogens with two attached hydrogens (primary N) is 2. The Labute approximate surface area is 88.1 Å². The molecule has 6 heteroatoms. The lowest BCUT2D eigenvalue weighted by Gasteiger charge is -2.03. The normalized spacial score (nSPS) is 9.93. The van der Waals surface area contributed by atoms with Crippen LogP contribution in [0, 0.1) is 0 Å². The summed E-state index contributed by atoms with van der Waals surface area (Å²) in [6, 6.07) is 1.62. The average molecular weight is 209 g/mol. The van der Waals surface area contributed by atoms with Crippen molar-refractivity contribution in [1.29, 1.82) is 0 Å². The van der Waals surface area contributed by atoms with Gasteiger partial charge in [-0.05, 0) is 13.3 Å². The molecule has 15 heavy (non-hydrogen) atoms. The lowest BCUT2D eigenvalue weighted by Crippen LogP contribution is -2.23. The van der Waals surface area contributed by atoms with E-state index in [1.54, 1.807) is 6.07 Å². The van der Waals surface area contributed by atoms with Crippen molar-refractivity contribution in [1.82, 2.24) is 15.3 Å². The minimum Gasteiger partial charge on any atom is -0.384 e. The molecule has 0 aromatic carbocycles. The highest BCUT2D eigenvalue weighted by Crippen LogP contribution is 2.06. The molecule has 1 amide bonds. The number of carbonyl (C=O) groups excluding carboxylic acids is 1. The molecule has 0 radical (unpaired) electrons. The van der Waals surface area contributed by atoms with Crippen molar-refractivity contribution in [3.63, 3.8) is 0 Å². The van der Waals surface area contributed by atoms with Crippen LogP contribution in [0.15, 0.2) is 6.07 Å². The molecule has 0 saturated heterocycles. The van der Waals surface area contributed by atoms with Gasteiger partial charge in [-0.1, -0.05) is 0 Å². The number of rotatable bonds is 4. The van der Waals surface area contributed by atoms with Gasteiger partial charge in [-0.25, -0.2) is 4.98 Å². The van der Waals surface area contributed by atoms with E-state index in [2.05, 4.69) is 15.3 Å². The molecule has 1 aromatic rings. The number of aryl methyl sites for hydroxylation is 1. The molecular weight excluding hydrogens is 194 g/mol. The smallest absolute Gasteiger partial charge is 0.222 e. The SMILES string of the molecule is CCNC(=O)CCc1cc(N)nc(N)n1. The Morgan fingerprint density at radius 3 is 2.80 bits per heavy atom. The minimum absolute atomic E-state index is 0.00625. The topological polar surface area (TPSA) is 107 Å². The van der Waals surface area contributed by atoms with Crippen LogP contribution >= 0.6 is 0 Å². The van der Waals surface area contributed by atoms with Crippen LogP contribution in [0.1, 0.15) is 19.0 Å². The van der Waals surface area contributed by atoms with Crippen LogP contribution < -0.4 is 16.8 Å². The monoisotopic (exact) mass is 209 g/mol. The number of nitrogens with one attached hydrogen (secondary N) is 1. The third kappa shape index (κ3) is 3.80. The first-order valence-corrected chi connectivity index (χ1v) is 4.77. The second kappa shape index (κ2) is 5.14. The fraction of sp³-hybridized carbons (Fsp3) is 0.444. The molecule has 1 aromatic heterocycles. The van der Waals surface area contributed by atoms with Crippen LogP contribution in [0.25, 0.3) is 0 Å². The van der Waals surface area contributed by atoms with Gasteiger partial charge in [-0.2, -0.15) is 4.98 Å². The second-order valence-electron chi connectivity index (χ2n) is 3.10. The average Bonchev–Trinajstić information content (AvgIpc) is 2.14. The number of carbonyl (C=O) groups is 1. The number of hydrogen-bond donors (Lipinski definition) is 3. The van der Waals surface area contributed by atoms with Crippen molar-refractivity contribution < 1.29 is 4.79 Å². The Hall–Kier alpha value is -1.85. The van der Waals surface area contributed by atoms with Crippen LogP contribution in [-0.2, 0) is 11.2 Å². The highest BCUT2D eigenvalue weighted by molar-refractivity contribution is 5.76. The molecule has 0 aliphatic rings. The van der Waals surface area contributed by atoms with E-state index in [4.69, 9.17) is 11.5 Å². The summed E-state index contributed by atoms with van der Waals surface area (Å²) < 4.78 is 0. The van der Waals surface area contributed by atoms with Gasteiger partial charge in [0.25, 0.3) is 0 Å². The van der Waals surface area contributed by atoms with Gasteiger partial charge in [0, 0.05) is 24.7 Å². The zero-order chi connectivity index (χ0) is 11.3. The number of nitrogen functional groups attached to an aromatic ring is 2. The van der Waals surface area contributed by atoms with Crippen molar-refractivity contribution in [2.45, 2.75) is 19.8 Å². The summed E-state index contributed by atoms with van der Waals surface area (Å²) in [4.78, 5) is 18.9. The van der Waals surface area contributed by atoms with Crippen LogP contribution in [0.3, 0.4) is 0 Å². The summed E-state index contributed by atoms with van der Waals surface area (Å²) in [6.45, 7) is 2.51. The number of aromatic nitrogens is 2. The minimum atomic E-state index is -0.00625. The van der Waals surface area contributed by atoms with E-state index in [0.29, 0.717) is 30.9 Å². The van der Waals surface area contributed by atoms with Gasteiger partial charge >= 0.3 is 0 Å². The van der Waals surface area contributed by atoms with Gasteiger partial charge < -0.3 is 16.8 Å². The quantitative estimate of drug-likeness (QED) is 0.631. The largest absolute Gasteiger partial charge is 0.384 e. The number of nitrogens with zero attached hydrogens (tertiary/aromatic N) is 2. The lowest BCUT2D eigenvalue weighted by atomic mass is 10.2. The van der Waals surface area contributed by atoms with E-state index in [9.17, 15) is 4.79 Å². The summed E-state index contributed by atoms with van der Waals surface area (Å²) in [5.41, 5.74) is 11.6. The first-order chi connectivity index (χ1) is 7.11. The summed E-state index contributed by atoms with van der Waals surface area (Å²) in [5, 5.41) is 2.70. The van der Waals surface area contributed by atoms with Crippen molar-refractivity contribution in [2.75, 3.05) is 18.0 Å². The van der Waals surface area contributed by atoms with E-state index in [1.165, 1.54) is 0 Å². The maximum atomic E-state index is 11.2. The first kappa shape index (κ1) is 11.2. The molecule has 1 rings (SSSR count). The Morgan fingerprint density at radius 2 is 2.20 bits per heavy atom. The van der Waals surface area contributed by atoms with Gasteiger partial charge in [-0.3, -0.25) is 4.79 Å². The van der Waals surface area contributed by atoms with Crippen molar-refractivity contribution in [2.24, 2.45) is 0 Å². The Bertz CT molecular complexity index is 332. The van der Waals surface area contributed by atoms with Crippen LogP contribution in [-0.4, -0.2) is 22.4 Å². The number of anilines is 2. The lowest BCUT2D eigenvalue weighted by molar-refractivity contribution is -0.120. The Morgan fingerprint density at radius 1 is 1.47 bits per heavy atom. The maximum absolute atomic E-state index is 11.2. The predicted molar refractivity (Wildman–Crippen MR) is 57.9 cm³/mol. The van der Waals surface area contributed by atoms with E-state index < -0.39 is 0 Å². The van der Waals surface area contributed by atoms with Crippen LogP contribution in [0.5, 0.6) is 0 Å². The van der Waals surface area contributed by atoms with Gasteiger partial charge in [0.2, 0.25) is 11.9 Å². The van der Waals surface area contributed by atoms with E-state index in [-0.39, 0.29) is 11.9 Å². The van der Waals surface area contributed by atoms with Gasteiger partial charge in [0.15, 0.2) is 0 Å². The third-order valence-electron chi connectivity index (χ3n) is 1.80. The summed E-state index contributed by atoms with van der Waals surface area (Å²) in [7, 11) is 0. The molecule has 0 fully saturated rings. The fourth-order valence-electron chi connectivity index (χ4n) is 1.19. The van der Waals surface area contributed by atoms with Crippen LogP contribution in [0.4, 0.5) is 11.8 Å². The third-order valence-corrected chi connectivity index (χ3v) is 1.80. The predicted octanol–water partition coefficient (Wildman–Crippen LogP) is -0.290. The molecule has 5 N–H and O–H groups in total. The molecule has 0 aliphatic carbocycles. The molecule has 0 bridgehead atoms. The van der Waals surface area contributed by atoms with Crippen molar-refractivity contribution in [3.8, 4) is 0 Å². The number of hydrogen-bond acceptors (Lipinski definition) is 5. The van der Waals surface area contributed by atoms with Crippen molar-refractivity contribution >= 4 is 17.7 Å². The zero-order valence-electron chi connectivity index (χ0n) is 8.66. The van der Waals surface area contributed by atoms with E-state index in [0.717, 1.165) is 0 Å². The molecule has 6 nitrogen and oxygen atoms in total. The Kier molecular flexibility index (Phi) is 3.84. The fourth-order valence-corrected chi connectivity index (χ4v) is 1.19. The molecule has 82 valence electrons. The molecule has 0 saturated carbocycles. The zero-order valence-corrected chi connectivity index (χ0v) is 8.66. The van der Waals surface area contributed by atoms with Gasteiger partial charge in [0.1, 0.15) is 5.82 Å². The molecule has 0 spiro atoms. The summed E-state index contributed by atoms with van der Waals surface area (Å²) in [6.07, 6.45) is 0.895. The van der Waals surface area contributed by atoms with E-state index in [1.807, 2.05) is 6.92 Å². The van der Waals surface area contributed by atoms with Crippen LogP contribution in [0.2, 0.25) is 0 Å². The Balaban J connectivity index is 2.54. The standard InChI is InChI=1S/C9H15N5O/c1-2-12-8(15)4-3-6-5-7(10)14-9(11)13-6/h5H,2-4H2,1H3,(H,12,15)(H4,10,11,13,14). The first-order valence-electron chi connectivity index (χ1n) is 4.77. The van der Waals surface area contributed by atoms with Gasteiger partial charge in [0.05, 0.1) is 0 Å². The van der Waals surface area contributed by atoms with Crippen molar-refractivity contribution in [3.05, 3.63) is 11.8 Å². The molecule has 0 unspecified atom stereocenters. The highest BCUT2D eigenvalue weighted by Gasteiger charge is 2.03. The molecule has 1 heterocycles. The maximum Gasteiger partial charge on any atom is 0.222 e. The summed E-state index contributed by atoms with van der Waals surface area (Å²) in [5.74, 6) is 0.461. The highest BCUT2D eigenvalue weighted by atomic mass is 16.1. The molecule has 0 aliphatic heterocycles. The molecular formula is C9H15N5O. The molecule has 0 atom stereocenters.